The Bertz CT molecular complexity index is 676. The monoisotopic (exact) mass is 801 g/mol. The molecule has 0 spiro atoms. The third-order valence-corrected chi connectivity index (χ3v) is 8.82. The molecule has 0 N–H and O–H groups in total. The van der Waals surface area contributed by atoms with E-state index in [1.807, 2.05) is 0 Å². The van der Waals surface area contributed by atoms with Crippen molar-refractivity contribution in [3.05, 3.63) is 0 Å². The molecule has 0 saturated heterocycles. The summed E-state index contributed by atoms with van der Waals surface area (Å²) in [6.45, 7) is 22.8. The van der Waals surface area contributed by atoms with E-state index in [4.69, 9.17) is 61.3 Å². The summed E-state index contributed by atoms with van der Waals surface area (Å²) in [6.07, 6.45) is 14.9. The normalized spacial score (nSPS) is 12.0. The summed E-state index contributed by atoms with van der Waals surface area (Å²) in [6, 6.07) is 0. The highest BCUT2D eigenvalue weighted by atomic mass is 28.4. The lowest BCUT2D eigenvalue weighted by molar-refractivity contribution is -0.0285. The van der Waals surface area contributed by atoms with Crippen LogP contribution in [0.25, 0.3) is 0 Å². The van der Waals surface area contributed by atoms with Crippen LogP contribution in [0.5, 0.6) is 0 Å². The molecule has 13 nitrogen and oxygen atoms in total. The van der Waals surface area contributed by atoms with Crippen LogP contribution < -0.4 is 0 Å². The molecule has 0 radical (unpaired) electrons. The van der Waals surface area contributed by atoms with Gasteiger partial charge < -0.3 is 61.3 Å². The Morgan fingerprint density at radius 3 is 0.630 bits per heavy atom. The zero-order valence-electron chi connectivity index (χ0n) is 35.3. The maximum Gasteiger partial charge on any atom is 0.183 e. The van der Waals surface area contributed by atoms with Crippen molar-refractivity contribution < 1.29 is 61.3 Å². The van der Waals surface area contributed by atoms with E-state index in [-0.39, 0.29) is 0 Å². The van der Waals surface area contributed by atoms with Crippen molar-refractivity contribution in [2.75, 3.05) is 165 Å². The van der Waals surface area contributed by atoms with Crippen molar-refractivity contribution in [3.8, 4) is 0 Å². The molecular formula is C40H84O13Si. The average molecular weight is 801 g/mol. The van der Waals surface area contributed by atoms with Crippen LogP contribution in [0.3, 0.4) is 0 Å². The number of rotatable bonds is 49. The van der Waals surface area contributed by atoms with Gasteiger partial charge in [-0.15, -0.1) is 0 Å². The predicted octanol–water partition coefficient (Wildman–Crippen LogP) is 6.35. The van der Waals surface area contributed by atoms with Crippen LogP contribution in [0, 0.1) is 0 Å². The topological polar surface area (TPSA) is 120 Å². The van der Waals surface area contributed by atoms with Gasteiger partial charge in [-0.3, -0.25) is 0 Å². The molecule has 326 valence electrons. The van der Waals surface area contributed by atoms with Gasteiger partial charge in [0.15, 0.2) is 8.32 Å². The molecule has 0 atom stereocenters. The summed E-state index contributed by atoms with van der Waals surface area (Å²) in [5.74, 6) is 0. The first-order valence-corrected chi connectivity index (χ1v) is 24.5. The molecule has 0 aromatic carbocycles. The number of hydrogen-bond acceptors (Lipinski definition) is 13. The van der Waals surface area contributed by atoms with E-state index < -0.39 is 8.32 Å². The molecule has 54 heavy (non-hydrogen) atoms. The molecule has 14 heteroatoms. The molecule has 0 aromatic heterocycles. The Hall–Kier alpha value is -0.303. The molecule has 0 fully saturated rings. The SMILES string of the molecule is CCCCCCCCCCCCCOCCOCCOCCOCCOCCOCCOCCOCCOCCOCCOCCOCCO[Si](C)(C)C. The van der Waals surface area contributed by atoms with Gasteiger partial charge >= 0.3 is 0 Å². The number of hydrogen-bond donors (Lipinski definition) is 0. The zero-order chi connectivity index (χ0) is 39.1. The van der Waals surface area contributed by atoms with Gasteiger partial charge in [0.2, 0.25) is 0 Å². The van der Waals surface area contributed by atoms with E-state index in [0.29, 0.717) is 159 Å². The summed E-state index contributed by atoms with van der Waals surface area (Å²) < 4.78 is 72.0. The van der Waals surface area contributed by atoms with Crippen molar-refractivity contribution in [1.82, 2.24) is 0 Å². The second kappa shape index (κ2) is 47.1. The Morgan fingerprint density at radius 1 is 0.222 bits per heavy atom. The zero-order valence-corrected chi connectivity index (χ0v) is 36.3. The molecule has 0 amide bonds. The Kier molecular flexibility index (Phi) is 46.8. The van der Waals surface area contributed by atoms with Crippen molar-refractivity contribution >= 4 is 8.32 Å². The molecule has 0 aromatic rings. The van der Waals surface area contributed by atoms with Crippen LogP contribution in [0.2, 0.25) is 19.6 Å². The van der Waals surface area contributed by atoms with Gasteiger partial charge in [-0.1, -0.05) is 71.1 Å². The lowest BCUT2D eigenvalue weighted by Crippen LogP contribution is -2.27. The second-order valence-corrected chi connectivity index (χ2v) is 18.4. The van der Waals surface area contributed by atoms with E-state index in [1.165, 1.54) is 64.2 Å². The van der Waals surface area contributed by atoms with Gasteiger partial charge in [-0.05, 0) is 26.1 Å². The van der Waals surface area contributed by atoms with Gasteiger partial charge in [-0.2, -0.15) is 0 Å². The molecule has 0 aliphatic rings. The van der Waals surface area contributed by atoms with E-state index in [1.54, 1.807) is 0 Å². The third kappa shape index (κ3) is 51.7. The molecule has 0 rings (SSSR count). The fourth-order valence-corrected chi connectivity index (χ4v) is 5.49. The summed E-state index contributed by atoms with van der Waals surface area (Å²) in [7, 11) is -1.45. The summed E-state index contributed by atoms with van der Waals surface area (Å²) in [5, 5.41) is 0. The molecule has 0 aliphatic heterocycles. The van der Waals surface area contributed by atoms with Crippen molar-refractivity contribution in [3.63, 3.8) is 0 Å². The van der Waals surface area contributed by atoms with E-state index in [2.05, 4.69) is 26.6 Å². The molecule has 0 saturated carbocycles. The minimum absolute atomic E-state index is 0.517. The number of ether oxygens (including phenoxy) is 12. The van der Waals surface area contributed by atoms with Crippen molar-refractivity contribution in [2.45, 2.75) is 97.2 Å². The Labute approximate surface area is 331 Å². The molecule has 0 bridgehead atoms. The van der Waals surface area contributed by atoms with Gasteiger partial charge in [0.1, 0.15) is 0 Å². The summed E-state index contributed by atoms with van der Waals surface area (Å²) >= 11 is 0. The highest BCUT2D eigenvalue weighted by Gasteiger charge is 2.13. The first-order chi connectivity index (χ1) is 26.6. The van der Waals surface area contributed by atoms with Gasteiger partial charge in [0, 0.05) is 6.61 Å². The van der Waals surface area contributed by atoms with Crippen LogP contribution in [0.1, 0.15) is 77.6 Å². The fourth-order valence-electron chi connectivity index (χ4n) is 4.80. The molecule has 0 aliphatic carbocycles. The Balaban J connectivity index is 3.06. The van der Waals surface area contributed by atoms with E-state index in [0.717, 1.165) is 13.0 Å². The largest absolute Gasteiger partial charge is 0.415 e. The van der Waals surface area contributed by atoms with E-state index in [9.17, 15) is 0 Å². The van der Waals surface area contributed by atoms with Crippen LogP contribution in [0.4, 0.5) is 0 Å². The van der Waals surface area contributed by atoms with Crippen LogP contribution in [-0.2, 0) is 61.3 Å². The van der Waals surface area contributed by atoms with Crippen LogP contribution >= 0.6 is 0 Å². The summed E-state index contributed by atoms with van der Waals surface area (Å²) in [4.78, 5) is 0. The maximum absolute atomic E-state index is 5.73. The van der Waals surface area contributed by atoms with E-state index >= 15 is 0 Å². The molecule has 0 heterocycles. The maximum atomic E-state index is 5.73. The number of unbranched alkanes of at least 4 members (excludes halogenated alkanes) is 10. The lowest BCUT2D eigenvalue weighted by Gasteiger charge is -2.16. The molecule has 0 unspecified atom stereocenters. The minimum Gasteiger partial charge on any atom is -0.415 e. The Morgan fingerprint density at radius 2 is 0.407 bits per heavy atom. The van der Waals surface area contributed by atoms with Gasteiger partial charge in [0.25, 0.3) is 0 Å². The highest BCUT2D eigenvalue weighted by molar-refractivity contribution is 6.69. The highest BCUT2D eigenvalue weighted by Crippen LogP contribution is 2.11. The van der Waals surface area contributed by atoms with Crippen LogP contribution in [0.15, 0.2) is 0 Å². The quantitative estimate of drug-likeness (QED) is 0.0503. The van der Waals surface area contributed by atoms with Gasteiger partial charge in [-0.25, -0.2) is 0 Å². The van der Waals surface area contributed by atoms with Gasteiger partial charge in [0.05, 0.1) is 159 Å². The first kappa shape index (κ1) is 53.7. The average Bonchev–Trinajstić information content (AvgIpc) is 3.15. The summed E-state index contributed by atoms with van der Waals surface area (Å²) in [5.41, 5.74) is 0. The predicted molar refractivity (Wildman–Crippen MR) is 216 cm³/mol. The second-order valence-electron chi connectivity index (χ2n) is 13.8. The fraction of sp³-hybridized carbons (Fsp3) is 1.00. The lowest BCUT2D eigenvalue weighted by atomic mass is 10.1. The third-order valence-electron chi connectivity index (χ3n) is 7.75. The smallest absolute Gasteiger partial charge is 0.183 e. The van der Waals surface area contributed by atoms with Crippen molar-refractivity contribution in [2.24, 2.45) is 0 Å². The minimum atomic E-state index is -1.45. The first-order valence-electron chi connectivity index (χ1n) is 21.1. The standard InChI is InChI=1S/C40H84O13Si/c1-5-6-7-8-9-10-11-12-13-14-15-16-41-17-18-42-19-20-43-21-22-44-23-24-45-25-26-46-27-28-47-29-30-48-31-32-49-33-34-50-35-36-51-37-38-52-39-40-53-54(2,3)4/h5-40H2,1-4H3. The molecular weight excluding hydrogens is 717 g/mol. The van der Waals surface area contributed by atoms with Crippen LogP contribution in [-0.4, -0.2) is 173 Å². The van der Waals surface area contributed by atoms with Crippen molar-refractivity contribution in [1.29, 1.82) is 0 Å².